The fourth-order valence-corrected chi connectivity index (χ4v) is 3.24. The van der Waals surface area contributed by atoms with Gasteiger partial charge in [-0.2, -0.15) is 0 Å². The Balaban J connectivity index is 2.54. The fraction of sp³-hybridized carbons (Fsp3) is 0.812. The normalized spacial score (nSPS) is 15.5. The Kier molecular flexibility index (Phi) is 6.00. The van der Waals surface area contributed by atoms with Gasteiger partial charge in [0.1, 0.15) is 5.01 Å². The first kappa shape index (κ1) is 16.6. The van der Waals surface area contributed by atoms with Gasteiger partial charge in [0.15, 0.2) is 0 Å². The third kappa shape index (κ3) is 5.23. The van der Waals surface area contributed by atoms with E-state index in [1.54, 1.807) is 11.3 Å². The van der Waals surface area contributed by atoms with Gasteiger partial charge < -0.3 is 5.73 Å². The van der Waals surface area contributed by atoms with Crippen molar-refractivity contribution in [1.82, 2.24) is 4.98 Å². The summed E-state index contributed by atoms with van der Waals surface area (Å²) in [5.74, 6) is 0. The minimum Gasteiger partial charge on any atom is -0.320 e. The third-order valence-corrected chi connectivity index (χ3v) is 4.68. The standard InChI is InChI=1S/C16H30N2S/c1-6-7-8-9-10-11-16(5,17)14-18-13(12-19-14)15(2,3)4/h12H,6-11,17H2,1-5H3. The Labute approximate surface area is 122 Å². The van der Waals surface area contributed by atoms with Crippen molar-refractivity contribution in [3.05, 3.63) is 16.1 Å². The predicted molar refractivity (Wildman–Crippen MR) is 85.7 cm³/mol. The van der Waals surface area contributed by atoms with Crippen LogP contribution in [0.4, 0.5) is 0 Å². The summed E-state index contributed by atoms with van der Waals surface area (Å²) >= 11 is 1.72. The highest BCUT2D eigenvalue weighted by Gasteiger charge is 2.26. The average Bonchev–Trinajstić information content (AvgIpc) is 2.78. The van der Waals surface area contributed by atoms with E-state index in [-0.39, 0.29) is 11.0 Å². The predicted octanol–water partition coefficient (Wildman–Crippen LogP) is 4.98. The van der Waals surface area contributed by atoms with Gasteiger partial charge in [-0.15, -0.1) is 11.3 Å². The highest BCUT2D eigenvalue weighted by atomic mass is 32.1. The number of aromatic nitrogens is 1. The van der Waals surface area contributed by atoms with Crippen molar-refractivity contribution < 1.29 is 0 Å². The summed E-state index contributed by atoms with van der Waals surface area (Å²) in [5, 5.41) is 3.25. The smallest absolute Gasteiger partial charge is 0.112 e. The molecular formula is C16H30N2S. The van der Waals surface area contributed by atoms with Crippen LogP contribution >= 0.6 is 11.3 Å². The van der Waals surface area contributed by atoms with Crippen LogP contribution in [-0.2, 0) is 11.0 Å². The van der Waals surface area contributed by atoms with E-state index in [1.165, 1.54) is 32.1 Å². The van der Waals surface area contributed by atoms with Crippen molar-refractivity contribution >= 4 is 11.3 Å². The second-order valence-electron chi connectivity index (χ2n) is 6.87. The molecule has 0 fully saturated rings. The van der Waals surface area contributed by atoms with Gasteiger partial charge >= 0.3 is 0 Å². The molecule has 110 valence electrons. The van der Waals surface area contributed by atoms with Crippen molar-refractivity contribution in [2.45, 2.75) is 84.1 Å². The molecule has 1 atom stereocenters. The molecule has 0 radical (unpaired) electrons. The zero-order valence-corrected chi connectivity index (χ0v) is 14.1. The lowest BCUT2D eigenvalue weighted by Gasteiger charge is -2.22. The number of thiazole rings is 1. The number of hydrogen-bond acceptors (Lipinski definition) is 3. The molecule has 3 heteroatoms. The van der Waals surface area contributed by atoms with Crippen molar-refractivity contribution in [2.75, 3.05) is 0 Å². The molecule has 19 heavy (non-hydrogen) atoms. The van der Waals surface area contributed by atoms with Crippen LogP contribution in [0, 0.1) is 0 Å². The van der Waals surface area contributed by atoms with Crippen LogP contribution in [0.25, 0.3) is 0 Å². The van der Waals surface area contributed by atoms with Gasteiger partial charge in [0.2, 0.25) is 0 Å². The van der Waals surface area contributed by atoms with E-state index in [0.29, 0.717) is 0 Å². The van der Waals surface area contributed by atoms with Gasteiger partial charge in [0.25, 0.3) is 0 Å². The quantitative estimate of drug-likeness (QED) is 0.717. The van der Waals surface area contributed by atoms with Crippen molar-refractivity contribution in [3.63, 3.8) is 0 Å². The van der Waals surface area contributed by atoms with Crippen LogP contribution in [0.2, 0.25) is 0 Å². The maximum Gasteiger partial charge on any atom is 0.112 e. The Morgan fingerprint density at radius 2 is 1.74 bits per heavy atom. The van der Waals surface area contributed by atoms with Crippen LogP contribution in [0.15, 0.2) is 5.38 Å². The summed E-state index contributed by atoms with van der Waals surface area (Å²) in [4.78, 5) is 4.76. The number of unbranched alkanes of at least 4 members (excludes halogenated alkanes) is 4. The summed E-state index contributed by atoms with van der Waals surface area (Å²) in [6.45, 7) is 11.0. The van der Waals surface area contributed by atoms with E-state index in [4.69, 9.17) is 10.7 Å². The van der Waals surface area contributed by atoms with Gasteiger partial charge in [-0.1, -0.05) is 59.8 Å². The summed E-state index contributed by atoms with van der Waals surface area (Å²) in [5.41, 5.74) is 7.47. The van der Waals surface area contributed by atoms with Gasteiger partial charge in [0.05, 0.1) is 11.2 Å². The maximum absolute atomic E-state index is 6.46. The maximum atomic E-state index is 6.46. The van der Waals surface area contributed by atoms with Gasteiger partial charge in [-0.05, 0) is 13.3 Å². The number of hydrogen-bond donors (Lipinski definition) is 1. The van der Waals surface area contributed by atoms with E-state index >= 15 is 0 Å². The number of nitrogens with two attached hydrogens (primary N) is 1. The molecule has 0 aliphatic heterocycles. The Morgan fingerprint density at radius 1 is 1.11 bits per heavy atom. The minimum absolute atomic E-state index is 0.117. The fourth-order valence-electron chi connectivity index (χ4n) is 2.08. The second kappa shape index (κ2) is 6.85. The number of rotatable bonds is 7. The van der Waals surface area contributed by atoms with Gasteiger partial charge in [-0.25, -0.2) is 4.98 Å². The summed E-state index contributed by atoms with van der Waals surface area (Å²) < 4.78 is 0. The first-order chi connectivity index (χ1) is 8.77. The van der Waals surface area contributed by atoms with Crippen LogP contribution in [0.3, 0.4) is 0 Å². The molecule has 1 unspecified atom stereocenters. The first-order valence-corrected chi connectivity index (χ1v) is 8.40. The SMILES string of the molecule is CCCCCCCC(C)(N)c1nc(C(C)(C)C)cs1. The summed E-state index contributed by atoms with van der Waals surface area (Å²) in [6.07, 6.45) is 7.50. The lowest BCUT2D eigenvalue weighted by atomic mass is 9.92. The molecule has 2 N–H and O–H groups in total. The molecular weight excluding hydrogens is 252 g/mol. The minimum atomic E-state index is -0.264. The molecule has 0 aliphatic rings. The molecule has 2 nitrogen and oxygen atoms in total. The van der Waals surface area contributed by atoms with E-state index in [0.717, 1.165) is 17.1 Å². The van der Waals surface area contributed by atoms with Crippen molar-refractivity contribution in [3.8, 4) is 0 Å². The first-order valence-electron chi connectivity index (χ1n) is 7.53. The molecule has 1 aromatic rings. The van der Waals surface area contributed by atoms with Gasteiger partial charge in [-0.3, -0.25) is 0 Å². The zero-order valence-electron chi connectivity index (χ0n) is 13.3. The van der Waals surface area contributed by atoms with Crippen LogP contribution in [0.1, 0.15) is 83.8 Å². The van der Waals surface area contributed by atoms with Gasteiger partial charge in [0, 0.05) is 10.8 Å². The highest BCUT2D eigenvalue weighted by Crippen LogP contribution is 2.31. The Bertz CT molecular complexity index is 374. The van der Waals surface area contributed by atoms with Crippen LogP contribution in [0.5, 0.6) is 0 Å². The molecule has 0 spiro atoms. The number of nitrogens with zero attached hydrogens (tertiary/aromatic N) is 1. The Hall–Kier alpha value is -0.410. The zero-order chi connectivity index (χ0) is 14.5. The summed E-state index contributed by atoms with van der Waals surface area (Å²) in [6, 6.07) is 0. The Morgan fingerprint density at radius 3 is 2.26 bits per heavy atom. The molecule has 1 rings (SSSR count). The van der Waals surface area contributed by atoms with E-state index in [1.807, 2.05) is 0 Å². The third-order valence-electron chi connectivity index (χ3n) is 3.56. The monoisotopic (exact) mass is 282 g/mol. The van der Waals surface area contributed by atoms with Crippen molar-refractivity contribution in [2.24, 2.45) is 5.73 Å². The summed E-state index contributed by atoms with van der Waals surface area (Å²) in [7, 11) is 0. The molecule has 0 bridgehead atoms. The molecule has 0 amide bonds. The second-order valence-corrected chi connectivity index (χ2v) is 7.73. The van der Waals surface area contributed by atoms with Crippen LogP contribution < -0.4 is 5.73 Å². The lowest BCUT2D eigenvalue weighted by Crippen LogP contribution is -2.33. The topological polar surface area (TPSA) is 38.9 Å². The van der Waals surface area contributed by atoms with Crippen LogP contribution in [-0.4, -0.2) is 4.98 Å². The van der Waals surface area contributed by atoms with E-state index in [2.05, 4.69) is 40.0 Å². The molecule has 0 aliphatic carbocycles. The van der Waals surface area contributed by atoms with Crippen molar-refractivity contribution in [1.29, 1.82) is 0 Å². The average molecular weight is 282 g/mol. The molecule has 0 aromatic carbocycles. The van der Waals surface area contributed by atoms with E-state index < -0.39 is 0 Å². The van der Waals surface area contributed by atoms with E-state index in [9.17, 15) is 0 Å². The molecule has 0 saturated carbocycles. The molecule has 1 aromatic heterocycles. The largest absolute Gasteiger partial charge is 0.320 e. The molecule has 0 saturated heterocycles. The lowest BCUT2D eigenvalue weighted by molar-refractivity contribution is 0.417. The molecule has 1 heterocycles. The highest BCUT2D eigenvalue weighted by molar-refractivity contribution is 7.09.